The molecule has 0 aliphatic carbocycles. The van der Waals surface area contributed by atoms with Gasteiger partial charge in [-0.25, -0.2) is 0 Å². The van der Waals surface area contributed by atoms with Gasteiger partial charge in [0.25, 0.3) is 5.91 Å². The van der Waals surface area contributed by atoms with Crippen molar-refractivity contribution in [2.24, 2.45) is 0 Å². The summed E-state index contributed by atoms with van der Waals surface area (Å²) in [6.07, 6.45) is 3.50. The topological polar surface area (TPSA) is 42.4 Å². The van der Waals surface area contributed by atoms with Crippen LogP contribution >= 0.6 is 0 Å². The van der Waals surface area contributed by atoms with Crippen molar-refractivity contribution in [3.05, 3.63) is 72.1 Å². The monoisotopic (exact) mass is 310 g/mol. The van der Waals surface area contributed by atoms with Crippen molar-refractivity contribution < 1.29 is 9.53 Å². The summed E-state index contributed by atoms with van der Waals surface area (Å²) in [7, 11) is 1.80. The molecule has 1 aromatic carbocycles. The maximum Gasteiger partial charge on any atom is 0.254 e. The third-order valence-electron chi connectivity index (χ3n) is 3.65. The van der Waals surface area contributed by atoms with Gasteiger partial charge in [-0.15, -0.1) is 0 Å². The number of hydrogen-bond donors (Lipinski definition) is 0. The van der Waals surface area contributed by atoms with E-state index in [4.69, 9.17) is 4.74 Å². The smallest absolute Gasteiger partial charge is 0.254 e. The van der Waals surface area contributed by atoms with Crippen LogP contribution in [0.4, 0.5) is 0 Å². The quantitative estimate of drug-likeness (QED) is 0.761. The lowest BCUT2D eigenvalue weighted by molar-refractivity contribution is 0.0742. The van der Waals surface area contributed by atoms with Crippen LogP contribution in [-0.4, -0.2) is 29.4 Å². The van der Waals surface area contributed by atoms with Crippen LogP contribution in [0.3, 0.4) is 0 Å². The third kappa shape index (κ3) is 4.42. The van der Waals surface area contributed by atoms with E-state index in [2.05, 4.69) is 11.6 Å². The second-order valence-corrected chi connectivity index (χ2v) is 5.65. The van der Waals surface area contributed by atoms with E-state index in [1.807, 2.05) is 26.0 Å². The largest absolute Gasteiger partial charge is 0.489 e. The van der Waals surface area contributed by atoms with Crippen molar-refractivity contribution in [3.8, 4) is 5.75 Å². The highest BCUT2D eigenvalue weighted by atomic mass is 16.5. The summed E-state index contributed by atoms with van der Waals surface area (Å²) in [5, 5.41) is 0. The van der Waals surface area contributed by atoms with Crippen LogP contribution in [-0.2, 0) is 0 Å². The zero-order valence-corrected chi connectivity index (χ0v) is 13.8. The van der Waals surface area contributed by atoms with Gasteiger partial charge < -0.3 is 9.64 Å². The standard InChI is InChI=1S/C19H22N2O2/c1-14(2)13-23-18-9-7-16(8-10-18)19(22)21(4)15(3)17-6-5-11-20-12-17/h5-12,15H,1,13H2,2-4H3/t15-/m1/s1. The van der Waals surface area contributed by atoms with Crippen molar-refractivity contribution >= 4 is 5.91 Å². The molecule has 1 amide bonds. The van der Waals surface area contributed by atoms with E-state index in [9.17, 15) is 4.79 Å². The Balaban J connectivity index is 2.06. The second-order valence-electron chi connectivity index (χ2n) is 5.65. The summed E-state index contributed by atoms with van der Waals surface area (Å²) < 4.78 is 5.55. The lowest BCUT2D eigenvalue weighted by Crippen LogP contribution is -2.29. The number of aromatic nitrogens is 1. The Bertz CT molecular complexity index is 666. The van der Waals surface area contributed by atoms with Crippen molar-refractivity contribution in [1.82, 2.24) is 9.88 Å². The summed E-state index contributed by atoms with van der Waals surface area (Å²) in [6.45, 7) is 8.17. The third-order valence-corrected chi connectivity index (χ3v) is 3.65. The first-order chi connectivity index (χ1) is 11.0. The molecule has 0 aliphatic heterocycles. The molecule has 1 heterocycles. The molecule has 0 radical (unpaired) electrons. The van der Waals surface area contributed by atoms with Gasteiger partial charge in [-0.1, -0.05) is 12.6 Å². The van der Waals surface area contributed by atoms with Gasteiger partial charge in [-0.2, -0.15) is 0 Å². The number of ether oxygens (including phenoxy) is 1. The van der Waals surface area contributed by atoms with E-state index < -0.39 is 0 Å². The maximum atomic E-state index is 12.6. The molecule has 1 aromatic heterocycles. The van der Waals surface area contributed by atoms with E-state index in [1.54, 1.807) is 48.6 Å². The molecule has 2 aromatic rings. The Hall–Kier alpha value is -2.62. The highest BCUT2D eigenvalue weighted by molar-refractivity contribution is 5.94. The van der Waals surface area contributed by atoms with E-state index in [-0.39, 0.29) is 11.9 Å². The minimum atomic E-state index is -0.0458. The molecule has 0 saturated heterocycles. The number of benzene rings is 1. The predicted molar refractivity (Wildman–Crippen MR) is 91.5 cm³/mol. The first-order valence-corrected chi connectivity index (χ1v) is 7.53. The van der Waals surface area contributed by atoms with Crippen molar-refractivity contribution in [2.45, 2.75) is 19.9 Å². The van der Waals surface area contributed by atoms with Crippen molar-refractivity contribution in [1.29, 1.82) is 0 Å². The number of carbonyl (C=O) groups excluding carboxylic acids is 1. The number of amides is 1. The Morgan fingerprint density at radius 1 is 1.30 bits per heavy atom. The highest BCUT2D eigenvalue weighted by Gasteiger charge is 2.19. The number of pyridine rings is 1. The van der Waals surface area contributed by atoms with Crippen molar-refractivity contribution in [3.63, 3.8) is 0 Å². The van der Waals surface area contributed by atoms with Crippen LogP contribution in [0.15, 0.2) is 60.9 Å². The summed E-state index contributed by atoms with van der Waals surface area (Å²) in [6, 6.07) is 11.0. The fraction of sp³-hybridized carbons (Fsp3) is 0.263. The van der Waals surface area contributed by atoms with Crippen LogP contribution in [0, 0.1) is 0 Å². The predicted octanol–water partition coefficient (Wildman–Crippen LogP) is 3.87. The van der Waals surface area contributed by atoms with Crippen molar-refractivity contribution in [2.75, 3.05) is 13.7 Å². The Kier molecular flexibility index (Phi) is 5.52. The van der Waals surface area contributed by atoms with Gasteiger partial charge in [0.15, 0.2) is 0 Å². The molecule has 1 atom stereocenters. The maximum absolute atomic E-state index is 12.6. The van der Waals surface area contributed by atoms with Crippen LogP contribution in [0.1, 0.15) is 35.8 Å². The van der Waals surface area contributed by atoms with Gasteiger partial charge in [0.2, 0.25) is 0 Å². The summed E-state index contributed by atoms with van der Waals surface area (Å²) >= 11 is 0. The summed E-state index contributed by atoms with van der Waals surface area (Å²) in [4.78, 5) is 18.4. The normalized spacial score (nSPS) is 11.6. The van der Waals surface area contributed by atoms with Gasteiger partial charge in [0, 0.05) is 25.0 Å². The molecule has 0 fully saturated rings. The Labute approximate surface area is 137 Å². The van der Waals surface area contributed by atoms with E-state index in [1.165, 1.54) is 0 Å². The first-order valence-electron chi connectivity index (χ1n) is 7.53. The average Bonchev–Trinajstić information content (AvgIpc) is 2.59. The lowest BCUT2D eigenvalue weighted by Gasteiger charge is -2.25. The Morgan fingerprint density at radius 2 is 2.00 bits per heavy atom. The van der Waals surface area contributed by atoms with Crippen LogP contribution in [0.25, 0.3) is 0 Å². The lowest BCUT2D eigenvalue weighted by atomic mass is 10.1. The van der Waals surface area contributed by atoms with Gasteiger partial charge in [-0.3, -0.25) is 9.78 Å². The number of hydrogen-bond acceptors (Lipinski definition) is 3. The molecular formula is C19H22N2O2. The molecule has 0 aliphatic rings. The minimum Gasteiger partial charge on any atom is -0.489 e. The minimum absolute atomic E-state index is 0.0344. The van der Waals surface area contributed by atoms with Gasteiger partial charge in [-0.05, 0) is 55.3 Å². The highest BCUT2D eigenvalue weighted by Crippen LogP contribution is 2.21. The fourth-order valence-corrected chi connectivity index (χ4v) is 2.13. The zero-order chi connectivity index (χ0) is 16.8. The average molecular weight is 310 g/mol. The molecule has 0 bridgehead atoms. The van der Waals surface area contributed by atoms with Crippen LogP contribution in [0.5, 0.6) is 5.75 Å². The van der Waals surface area contributed by atoms with Gasteiger partial charge >= 0.3 is 0 Å². The number of nitrogens with zero attached hydrogens (tertiary/aromatic N) is 2. The zero-order valence-electron chi connectivity index (χ0n) is 13.8. The molecule has 0 unspecified atom stereocenters. The number of carbonyl (C=O) groups is 1. The van der Waals surface area contributed by atoms with E-state index in [0.29, 0.717) is 12.2 Å². The van der Waals surface area contributed by atoms with E-state index in [0.717, 1.165) is 16.9 Å². The fourth-order valence-electron chi connectivity index (χ4n) is 2.13. The molecule has 4 heteroatoms. The SMILES string of the molecule is C=C(C)COc1ccc(C(=O)N(C)[C@H](C)c2cccnc2)cc1. The second kappa shape index (κ2) is 7.58. The summed E-state index contributed by atoms with van der Waals surface area (Å²) in [5.74, 6) is 0.695. The molecular weight excluding hydrogens is 288 g/mol. The van der Waals surface area contributed by atoms with Gasteiger partial charge in [0.05, 0.1) is 6.04 Å². The molecule has 0 saturated carbocycles. The molecule has 0 spiro atoms. The van der Waals surface area contributed by atoms with Crippen LogP contribution in [0.2, 0.25) is 0 Å². The molecule has 4 nitrogen and oxygen atoms in total. The molecule has 120 valence electrons. The Morgan fingerprint density at radius 3 is 2.57 bits per heavy atom. The van der Waals surface area contributed by atoms with Gasteiger partial charge in [0.1, 0.15) is 12.4 Å². The number of rotatable bonds is 6. The van der Waals surface area contributed by atoms with E-state index >= 15 is 0 Å². The molecule has 2 rings (SSSR count). The molecule has 0 N–H and O–H groups in total. The van der Waals surface area contributed by atoms with Crippen LogP contribution < -0.4 is 4.74 Å². The first kappa shape index (κ1) is 16.7. The molecule has 23 heavy (non-hydrogen) atoms. The summed E-state index contributed by atoms with van der Waals surface area (Å²) in [5.41, 5.74) is 2.59.